The first-order chi connectivity index (χ1) is 14.9. The van der Waals surface area contributed by atoms with E-state index in [1.54, 1.807) is 6.08 Å². The number of allylic oxidation sites excluding steroid dienone is 1. The van der Waals surface area contributed by atoms with Crippen LogP contribution in [0.15, 0.2) is 72.8 Å². The minimum absolute atomic E-state index is 0.571. The van der Waals surface area contributed by atoms with E-state index >= 15 is 0 Å². The average Bonchev–Trinajstić information content (AvgIpc) is 2.77. The number of hydrogen-bond acceptors (Lipinski definition) is 3. The van der Waals surface area contributed by atoms with Gasteiger partial charge in [0.2, 0.25) is 0 Å². The molecule has 0 unspecified atom stereocenters. The van der Waals surface area contributed by atoms with Gasteiger partial charge >= 0.3 is 5.97 Å². The molecule has 0 atom stereocenters. The van der Waals surface area contributed by atoms with E-state index in [4.69, 9.17) is 16.2 Å². The predicted octanol–water partition coefficient (Wildman–Crippen LogP) is 6.04. The second kappa shape index (κ2) is 9.72. The Bertz CT molecular complexity index is 1180. The molecule has 0 fully saturated rings. The largest absolute Gasteiger partial charge is 0.478 e. The number of hydrogen-bond donors (Lipinski definition) is 3. The highest BCUT2D eigenvalue weighted by molar-refractivity contribution is 6.00. The number of carboxylic acid groups (broad SMARTS) is 1. The van der Waals surface area contributed by atoms with Crippen LogP contribution < -0.4 is 5.73 Å². The van der Waals surface area contributed by atoms with Gasteiger partial charge in [-0.3, -0.25) is 0 Å². The highest BCUT2D eigenvalue weighted by Crippen LogP contribution is 2.36. The molecule has 0 heterocycles. The lowest BCUT2D eigenvalue weighted by atomic mass is 9.86. The first-order valence-electron chi connectivity index (χ1n) is 10.2. The molecule has 0 amide bonds. The third kappa shape index (κ3) is 4.98. The van der Waals surface area contributed by atoms with Crippen LogP contribution in [0.3, 0.4) is 0 Å². The number of nitrogens with two attached hydrogens (primary N) is 1. The van der Waals surface area contributed by atoms with Crippen LogP contribution in [0.1, 0.15) is 46.7 Å². The average molecular weight is 411 g/mol. The summed E-state index contributed by atoms with van der Waals surface area (Å²) in [5.74, 6) is -0.970. The second-order valence-corrected chi connectivity index (χ2v) is 7.30. The molecule has 0 aliphatic heterocycles. The maximum absolute atomic E-state index is 10.9. The van der Waals surface area contributed by atoms with Crippen LogP contribution in [-0.2, 0) is 4.79 Å². The lowest BCUT2D eigenvalue weighted by molar-refractivity contribution is -0.131. The Hall–Kier alpha value is -3.92. The normalized spacial score (nSPS) is 11.9. The number of benzene rings is 3. The van der Waals surface area contributed by atoms with Crippen LogP contribution in [0.25, 0.3) is 17.2 Å². The number of nitrogen functional groups attached to an aromatic ring is 1. The maximum Gasteiger partial charge on any atom is 0.328 e. The molecule has 31 heavy (non-hydrogen) atoms. The van der Waals surface area contributed by atoms with E-state index in [-0.39, 0.29) is 0 Å². The van der Waals surface area contributed by atoms with Crippen LogP contribution in [-0.4, -0.2) is 17.3 Å². The molecule has 4 nitrogen and oxygen atoms in total. The first-order valence-corrected chi connectivity index (χ1v) is 10.2. The van der Waals surface area contributed by atoms with Gasteiger partial charge in [-0.25, -0.2) is 4.79 Å². The fraction of sp³-hybridized carbons (Fsp3) is 0.111. The van der Waals surface area contributed by atoms with Crippen LogP contribution in [0, 0.1) is 12.3 Å². The minimum Gasteiger partial charge on any atom is -0.478 e. The third-order valence-electron chi connectivity index (χ3n) is 5.27. The molecular weight excluding hydrogens is 384 g/mol. The van der Waals surface area contributed by atoms with Crippen LogP contribution in [0.2, 0.25) is 0 Å². The van der Waals surface area contributed by atoms with Gasteiger partial charge in [-0.2, -0.15) is 0 Å². The van der Waals surface area contributed by atoms with Crippen molar-refractivity contribution in [1.29, 1.82) is 5.41 Å². The van der Waals surface area contributed by atoms with Crippen LogP contribution in [0.5, 0.6) is 0 Å². The van der Waals surface area contributed by atoms with E-state index in [1.807, 2.05) is 55.5 Å². The van der Waals surface area contributed by atoms with Crippen LogP contribution in [0.4, 0.5) is 5.69 Å². The summed E-state index contributed by atoms with van der Waals surface area (Å²) in [5.41, 5.74) is 14.6. The Morgan fingerprint density at radius 1 is 0.968 bits per heavy atom. The lowest BCUT2D eigenvalue weighted by Crippen LogP contribution is -1.99. The first kappa shape index (κ1) is 21.8. The van der Waals surface area contributed by atoms with Crippen molar-refractivity contribution in [2.75, 3.05) is 5.73 Å². The van der Waals surface area contributed by atoms with Gasteiger partial charge in [-0.1, -0.05) is 61.5 Å². The molecule has 3 rings (SSSR count). The summed E-state index contributed by atoms with van der Waals surface area (Å²) in [4.78, 5) is 10.9. The second-order valence-electron chi connectivity index (χ2n) is 7.30. The smallest absolute Gasteiger partial charge is 0.328 e. The number of aryl methyl sites for hydroxylation is 1. The number of rotatable bonds is 7. The summed E-state index contributed by atoms with van der Waals surface area (Å²) in [7, 11) is 0. The third-order valence-corrected chi connectivity index (χ3v) is 5.27. The van der Waals surface area contributed by atoms with Crippen molar-refractivity contribution in [3.8, 4) is 0 Å². The topological polar surface area (TPSA) is 87.2 Å². The van der Waals surface area contributed by atoms with E-state index in [0.717, 1.165) is 45.9 Å². The summed E-state index contributed by atoms with van der Waals surface area (Å²) < 4.78 is 0. The Morgan fingerprint density at radius 2 is 1.65 bits per heavy atom. The summed E-state index contributed by atoms with van der Waals surface area (Å²) >= 11 is 0. The summed E-state index contributed by atoms with van der Waals surface area (Å²) in [5, 5.41) is 16.6. The molecular formula is C27H26N2O2. The SMILES string of the molecule is CC/C(=C(/c1ccc(/C=C/C(=O)O)c(C)c1)c1ccc(N)c(C=N)c1)c1ccccc1. The fourth-order valence-corrected chi connectivity index (χ4v) is 3.71. The molecule has 156 valence electrons. The molecule has 0 aliphatic rings. The molecule has 0 aromatic heterocycles. The lowest BCUT2D eigenvalue weighted by Gasteiger charge is -2.18. The summed E-state index contributed by atoms with van der Waals surface area (Å²) in [6, 6.07) is 22.1. The summed E-state index contributed by atoms with van der Waals surface area (Å²) in [6.07, 6.45) is 4.86. The monoisotopic (exact) mass is 410 g/mol. The number of carboxylic acids is 1. The number of anilines is 1. The van der Waals surface area contributed by atoms with Crippen molar-refractivity contribution >= 4 is 35.1 Å². The Balaban J connectivity index is 2.27. The van der Waals surface area contributed by atoms with Gasteiger partial charge in [-0.05, 0) is 70.5 Å². The standard InChI is InChI=1S/C27H26N2O2/c1-3-24(20-7-5-4-6-8-20)27(22-11-13-25(29)23(16-22)17-28)21-10-9-19(18(2)15-21)12-14-26(30)31/h4-17,28H,3,29H2,1-2H3,(H,30,31)/b14-12+,27-24+,28-17?. The Kier molecular flexibility index (Phi) is 6.83. The predicted molar refractivity (Wildman–Crippen MR) is 129 cm³/mol. The molecule has 3 aromatic rings. The van der Waals surface area contributed by atoms with Crippen molar-refractivity contribution in [3.63, 3.8) is 0 Å². The van der Waals surface area contributed by atoms with E-state index in [9.17, 15) is 4.79 Å². The fourth-order valence-electron chi connectivity index (χ4n) is 3.71. The summed E-state index contributed by atoms with van der Waals surface area (Å²) in [6.45, 7) is 4.11. The molecule has 0 radical (unpaired) electrons. The van der Waals surface area contributed by atoms with E-state index < -0.39 is 5.97 Å². The van der Waals surface area contributed by atoms with Gasteiger partial charge in [0.05, 0.1) is 0 Å². The van der Waals surface area contributed by atoms with Crippen molar-refractivity contribution < 1.29 is 9.90 Å². The van der Waals surface area contributed by atoms with Crippen molar-refractivity contribution in [2.45, 2.75) is 20.3 Å². The Morgan fingerprint density at radius 3 is 2.26 bits per heavy atom. The highest BCUT2D eigenvalue weighted by atomic mass is 16.4. The number of aliphatic carboxylic acids is 1. The zero-order valence-corrected chi connectivity index (χ0v) is 17.7. The highest BCUT2D eigenvalue weighted by Gasteiger charge is 2.15. The molecule has 0 aliphatic carbocycles. The molecule has 0 bridgehead atoms. The van der Waals surface area contributed by atoms with Crippen LogP contribution >= 0.6 is 0 Å². The Labute approximate surface area is 182 Å². The van der Waals surface area contributed by atoms with Gasteiger partial charge in [0.25, 0.3) is 0 Å². The van der Waals surface area contributed by atoms with Crippen molar-refractivity contribution in [1.82, 2.24) is 0 Å². The van der Waals surface area contributed by atoms with Gasteiger partial charge in [0, 0.05) is 23.5 Å². The molecule has 0 saturated heterocycles. The van der Waals surface area contributed by atoms with Gasteiger partial charge < -0.3 is 16.2 Å². The van der Waals surface area contributed by atoms with Gasteiger partial charge in [0.15, 0.2) is 0 Å². The van der Waals surface area contributed by atoms with Gasteiger partial charge in [0.1, 0.15) is 0 Å². The van der Waals surface area contributed by atoms with Crippen molar-refractivity contribution in [3.05, 3.63) is 106 Å². The quantitative estimate of drug-likeness (QED) is 0.192. The van der Waals surface area contributed by atoms with E-state index in [2.05, 4.69) is 25.1 Å². The molecule has 0 saturated carbocycles. The molecule has 3 aromatic carbocycles. The van der Waals surface area contributed by atoms with E-state index in [1.165, 1.54) is 11.8 Å². The molecule has 4 N–H and O–H groups in total. The molecule has 4 heteroatoms. The minimum atomic E-state index is -0.970. The van der Waals surface area contributed by atoms with E-state index in [0.29, 0.717) is 11.3 Å². The zero-order chi connectivity index (χ0) is 22.4. The van der Waals surface area contributed by atoms with Crippen molar-refractivity contribution in [2.24, 2.45) is 0 Å². The van der Waals surface area contributed by atoms with Gasteiger partial charge in [-0.15, -0.1) is 0 Å². The number of carbonyl (C=O) groups is 1. The maximum atomic E-state index is 10.9. The zero-order valence-electron chi connectivity index (χ0n) is 17.7. The number of nitrogens with one attached hydrogen (secondary N) is 1. The molecule has 0 spiro atoms.